The first-order valence-electron chi connectivity index (χ1n) is 6.96. The number of carboxylic acids is 1. The molecule has 0 saturated carbocycles. The predicted octanol–water partition coefficient (Wildman–Crippen LogP) is 2.20. The number of hydrogen-bond acceptors (Lipinski definition) is 3. The van der Waals surface area contributed by atoms with Gasteiger partial charge in [0.1, 0.15) is 0 Å². The summed E-state index contributed by atoms with van der Waals surface area (Å²) in [6.07, 6.45) is 2.52. The number of aryl methyl sites for hydroxylation is 1. The summed E-state index contributed by atoms with van der Waals surface area (Å²) in [6.45, 7) is 5.36. The summed E-state index contributed by atoms with van der Waals surface area (Å²) in [5.74, 6) is -0.116. The maximum absolute atomic E-state index is 11.2. The van der Waals surface area contributed by atoms with Crippen molar-refractivity contribution < 1.29 is 9.90 Å². The van der Waals surface area contributed by atoms with Crippen LogP contribution in [-0.2, 0) is 0 Å². The van der Waals surface area contributed by atoms with Gasteiger partial charge in [0, 0.05) is 18.3 Å². The highest BCUT2D eigenvalue weighted by atomic mass is 16.4. The molecule has 19 heavy (non-hydrogen) atoms. The van der Waals surface area contributed by atoms with Crippen LogP contribution in [0.2, 0.25) is 0 Å². The normalized spacial score (nSPS) is 29.2. The summed E-state index contributed by atoms with van der Waals surface area (Å²) in [7, 11) is 0. The molecule has 1 aromatic carbocycles. The standard InChI is InChI=1S/C15H20N2O2/c1-10-2-3-12(8-13(10)15(18)19)16-14-9-17-6-4-11(14)5-7-17/h2-3,8,11,14,16H,4-7,9H2,1H3,(H,18,19). The van der Waals surface area contributed by atoms with Crippen LogP contribution in [0.5, 0.6) is 0 Å². The van der Waals surface area contributed by atoms with Crippen molar-refractivity contribution in [2.45, 2.75) is 25.8 Å². The van der Waals surface area contributed by atoms with Crippen molar-refractivity contribution in [3.05, 3.63) is 29.3 Å². The van der Waals surface area contributed by atoms with Crippen molar-refractivity contribution in [3.8, 4) is 0 Å². The minimum absolute atomic E-state index is 0.395. The molecule has 0 spiro atoms. The van der Waals surface area contributed by atoms with Crippen LogP contribution < -0.4 is 5.32 Å². The van der Waals surface area contributed by atoms with E-state index in [-0.39, 0.29) is 0 Å². The van der Waals surface area contributed by atoms with E-state index in [1.165, 1.54) is 25.9 Å². The van der Waals surface area contributed by atoms with E-state index in [1.54, 1.807) is 6.07 Å². The first-order chi connectivity index (χ1) is 9.13. The monoisotopic (exact) mass is 260 g/mol. The van der Waals surface area contributed by atoms with Crippen LogP contribution >= 0.6 is 0 Å². The van der Waals surface area contributed by atoms with Gasteiger partial charge in [0.25, 0.3) is 0 Å². The topological polar surface area (TPSA) is 52.6 Å². The zero-order valence-corrected chi connectivity index (χ0v) is 11.2. The third-order valence-electron chi connectivity index (χ3n) is 4.48. The largest absolute Gasteiger partial charge is 0.478 e. The van der Waals surface area contributed by atoms with Gasteiger partial charge in [-0.2, -0.15) is 0 Å². The van der Waals surface area contributed by atoms with E-state index in [0.29, 0.717) is 11.6 Å². The zero-order valence-electron chi connectivity index (χ0n) is 11.2. The number of piperidine rings is 3. The fraction of sp³-hybridized carbons (Fsp3) is 0.533. The van der Waals surface area contributed by atoms with E-state index in [1.807, 2.05) is 19.1 Å². The number of carbonyl (C=O) groups is 1. The Morgan fingerprint density at radius 3 is 2.68 bits per heavy atom. The van der Waals surface area contributed by atoms with Crippen LogP contribution in [0.4, 0.5) is 5.69 Å². The molecule has 3 aliphatic heterocycles. The number of hydrogen-bond donors (Lipinski definition) is 2. The Kier molecular flexibility index (Phi) is 3.19. The van der Waals surface area contributed by atoms with E-state index in [4.69, 9.17) is 5.11 Å². The van der Waals surface area contributed by atoms with Crippen molar-refractivity contribution in [1.82, 2.24) is 4.90 Å². The first kappa shape index (κ1) is 12.5. The average Bonchev–Trinajstić information content (AvgIpc) is 2.42. The number of anilines is 1. The van der Waals surface area contributed by atoms with Crippen LogP contribution in [0.25, 0.3) is 0 Å². The molecule has 1 unspecified atom stereocenters. The van der Waals surface area contributed by atoms with Crippen LogP contribution in [0.15, 0.2) is 18.2 Å². The Balaban J connectivity index is 1.76. The van der Waals surface area contributed by atoms with Gasteiger partial charge in [-0.1, -0.05) is 6.07 Å². The molecule has 0 radical (unpaired) electrons. The van der Waals surface area contributed by atoms with E-state index in [2.05, 4.69) is 10.2 Å². The van der Waals surface area contributed by atoms with Crippen LogP contribution in [0.3, 0.4) is 0 Å². The predicted molar refractivity (Wildman–Crippen MR) is 74.7 cm³/mol. The van der Waals surface area contributed by atoms with Gasteiger partial charge in [-0.25, -0.2) is 4.79 Å². The van der Waals surface area contributed by atoms with Crippen LogP contribution in [0.1, 0.15) is 28.8 Å². The molecule has 1 aromatic rings. The fourth-order valence-electron chi connectivity index (χ4n) is 3.28. The number of aromatic carboxylic acids is 1. The SMILES string of the molecule is Cc1ccc(NC2CN3CCC2CC3)cc1C(=O)O. The quantitative estimate of drug-likeness (QED) is 0.875. The molecule has 0 aliphatic carbocycles. The van der Waals surface area contributed by atoms with Gasteiger partial charge in [0.15, 0.2) is 0 Å². The second kappa shape index (κ2) is 4.85. The lowest BCUT2D eigenvalue weighted by molar-refractivity contribution is 0.0696. The molecule has 3 saturated heterocycles. The molecule has 3 aliphatic rings. The van der Waals surface area contributed by atoms with Gasteiger partial charge >= 0.3 is 5.97 Å². The maximum atomic E-state index is 11.2. The molecular weight excluding hydrogens is 240 g/mol. The van der Waals surface area contributed by atoms with Crippen molar-refractivity contribution in [1.29, 1.82) is 0 Å². The van der Waals surface area contributed by atoms with E-state index in [0.717, 1.165) is 23.7 Å². The number of benzene rings is 1. The fourth-order valence-corrected chi connectivity index (χ4v) is 3.28. The Bertz CT molecular complexity index is 493. The van der Waals surface area contributed by atoms with Crippen molar-refractivity contribution in [2.75, 3.05) is 25.0 Å². The van der Waals surface area contributed by atoms with E-state index in [9.17, 15) is 4.79 Å². The molecular formula is C15H20N2O2. The van der Waals surface area contributed by atoms with Crippen LogP contribution in [0, 0.1) is 12.8 Å². The van der Waals surface area contributed by atoms with Gasteiger partial charge in [-0.05, 0) is 56.5 Å². The minimum Gasteiger partial charge on any atom is -0.478 e. The molecule has 2 N–H and O–H groups in total. The third-order valence-corrected chi connectivity index (χ3v) is 4.48. The molecule has 102 valence electrons. The second-order valence-electron chi connectivity index (χ2n) is 5.72. The molecule has 3 fully saturated rings. The van der Waals surface area contributed by atoms with Crippen molar-refractivity contribution in [2.24, 2.45) is 5.92 Å². The average molecular weight is 260 g/mol. The van der Waals surface area contributed by atoms with Gasteiger partial charge in [-0.15, -0.1) is 0 Å². The van der Waals surface area contributed by atoms with Gasteiger partial charge in [0.2, 0.25) is 0 Å². The van der Waals surface area contributed by atoms with Gasteiger partial charge in [0.05, 0.1) is 5.56 Å². The van der Waals surface area contributed by atoms with E-state index >= 15 is 0 Å². The molecule has 0 amide bonds. The van der Waals surface area contributed by atoms with Gasteiger partial charge in [-0.3, -0.25) is 0 Å². The number of nitrogens with one attached hydrogen (secondary N) is 1. The number of fused-ring (bicyclic) bond motifs is 3. The summed E-state index contributed by atoms with van der Waals surface area (Å²) in [6, 6.07) is 6.09. The van der Waals surface area contributed by atoms with Gasteiger partial charge < -0.3 is 15.3 Å². The van der Waals surface area contributed by atoms with Crippen molar-refractivity contribution in [3.63, 3.8) is 0 Å². The number of carboxylic acid groups (broad SMARTS) is 1. The molecule has 4 heteroatoms. The molecule has 3 heterocycles. The number of rotatable bonds is 3. The summed E-state index contributed by atoms with van der Waals surface area (Å²) in [5.41, 5.74) is 2.14. The Hall–Kier alpha value is -1.55. The summed E-state index contributed by atoms with van der Waals surface area (Å²) >= 11 is 0. The highest BCUT2D eigenvalue weighted by molar-refractivity contribution is 5.90. The number of nitrogens with zero attached hydrogens (tertiary/aromatic N) is 1. The van der Waals surface area contributed by atoms with Crippen LogP contribution in [-0.4, -0.2) is 41.7 Å². The molecule has 4 rings (SSSR count). The Labute approximate surface area is 113 Å². The second-order valence-corrected chi connectivity index (χ2v) is 5.72. The lowest BCUT2D eigenvalue weighted by Gasteiger charge is -2.45. The Morgan fingerprint density at radius 1 is 1.37 bits per heavy atom. The summed E-state index contributed by atoms with van der Waals surface area (Å²) < 4.78 is 0. The minimum atomic E-state index is -0.852. The third kappa shape index (κ3) is 2.45. The highest BCUT2D eigenvalue weighted by Gasteiger charge is 2.33. The summed E-state index contributed by atoms with van der Waals surface area (Å²) in [5, 5.41) is 12.7. The smallest absolute Gasteiger partial charge is 0.336 e. The summed E-state index contributed by atoms with van der Waals surface area (Å²) in [4.78, 5) is 13.6. The maximum Gasteiger partial charge on any atom is 0.336 e. The molecule has 2 bridgehead atoms. The Morgan fingerprint density at radius 2 is 2.11 bits per heavy atom. The van der Waals surface area contributed by atoms with Crippen molar-refractivity contribution >= 4 is 11.7 Å². The first-order valence-corrected chi connectivity index (χ1v) is 6.96. The zero-order chi connectivity index (χ0) is 13.4. The lowest BCUT2D eigenvalue weighted by atomic mass is 9.84. The molecule has 0 aromatic heterocycles. The molecule has 1 atom stereocenters. The highest BCUT2D eigenvalue weighted by Crippen LogP contribution is 2.30. The van der Waals surface area contributed by atoms with E-state index < -0.39 is 5.97 Å². The molecule has 4 nitrogen and oxygen atoms in total. The lowest BCUT2D eigenvalue weighted by Crippen LogP contribution is -2.53.